The summed E-state index contributed by atoms with van der Waals surface area (Å²) in [6.45, 7) is 0. The minimum Gasteiger partial charge on any atom is -0.283 e. The number of aromatic nitrogens is 1. The average Bonchev–Trinajstić information content (AvgIpc) is 2.80. The fourth-order valence-corrected chi connectivity index (χ4v) is 2.61. The minimum atomic E-state index is -4.04. The Morgan fingerprint density at radius 3 is 2.76 bits per heavy atom. The van der Waals surface area contributed by atoms with Crippen molar-refractivity contribution in [3.05, 3.63) is 24.1 Å². The van der Waals surface area contributed by atoms with Crippen molar-refractivity contribution in [1.29, 1.82) is 0 Å². The number of rotatable bonds is 4. The second-order valence-electron chi connectivity index (χ2n) is 3.90. The van der Waals surface area contributed by atoms with Gasteiger partial charge in [-0.25, -0.2) is 17.8 Å². The first kappa shape index (κ1) is 12.4. The summed E-state index contributed by atoms with van der Waals surface area (Å²) in [6.07, 6.45) is 4.75. The van der Waals surface area contributed by atoms with Gasteiger partial charge in [0.1, 0.15) is 0 Å². The van der Waals surface area contributed by atoms with E-state index in [1.807, 2.05) is 4.89 Å². The lowest BCUT2D eigenvalue weighted by Gasteiger charge is -2.11. The second-order valence-corrected chi connectivity index (χ2v) is 5.46. The van der Waals surface area contributed by atoms with Crippen LogP contribution >= 0.6 is 0 Å². The summed E-state index contributed by atoms with van der Waals surface area (Å²) < 4.78 is 36.6. The van der Waals surface area contributed by atoms with Gasteiger partial charge in [0.25, 0.3) is 10.0 Å². The number of sulfonamides is 1. The Bertz CT molecular complexity index is 486. The highest BCUT2D eigenvalue weighted by Crippen LogP contribution is 2.20. The van der Waals surface area contributed by atoms with Crippen LogP contribution in [0.15, 0.2) is 23.4 Å². The summed E-state index contributed by atoms with van der Waals surface area (Å²) in [6, 6.07) is 2.36. The van der Waals surface area contributed by atoms with E-state index in [2.05, 4.69) is 4.98 Å². The van der Waals surface area contributed by atoms with E-state index < -0.39 is 20.9 Å². The van der Waals surface area contributed by atoms with E-state index in [1.54, 1.807) is 0 Å². The van der Waals surface area contributed by atoms with Crippen molar-refractivity contribution in [2.24, 2.45) is 0 Å². The molecule has 0 bridgehead atoms. The van der Waals surface area contributed by atoms with Gasteiger partial charge in [-0.05, 0) is 25.0 Å². The van der Waals surface area contributed by atoms with Crippen molar-refractivity contribution < 1.29 is 17.6 Å². The predicted octanol–water partition coefficient (Wildman–Crippen LogP) is 1.37. The molecule has 1 N–H and O–H groups in total. The van der Waals surface area contributed by atoms with Crippen molar-refractivity contribution in [2.45, 2.75) is 36.8 Å². The molecule has 1 aliphatic carbocycles. The van der Waals surface area contributed by atoms with Crippen LogP contribution < -0.4 is 4.89 Å². The van der Waals surface area contributed by atoms with Gasteiger partial charge in [0.2, 0.25) is 5.03 Å². The standard InChI is InChI=1S/C10H13FN2O3S/c11-9-6-3-7-12-10(9)17(14,15)13-16-8-4-1-2-5-8/h3,6-8,13H,1-2,4-5H2. The third-order valence-electron chi connectivity index (χ3n) is 2.61. The lowest BCUT2D eigenvalue weighted by Crippen LogP contribution is -2.29. The monoisotopic (exact) mass is 260 g/mol. The first-order valence-electron chi connectivity index (χ1n) is 5.37. The summed E-state index contributed by atoms with van der Waals surface area (Å²) in [5.74, 6) is -0.893. The molecule has 2 rings (SSSR count). The third-order valence-corrected chi connectivity index (χ3v) is 3.73. The van der Waals surface area contributed by atoms with Gasteiger partial charge in [-0.2, -0.15) is 0 Å². The van der Waals surface area contributed by atoms with Crippen LogP contribution in [0.4, 0.5) is 4.39 Å². The smallest absolute Gasteiger partial charge is 0.282 e. The van der Waals surface area contributed by atoms with E-state index in [1.165, 1.54) is 12.3 Å². The topological polar surface area (TPSA) is 68.3 Å². The minimum absolute atomic E-state index is 0.128. The maximum Gasteiger partial charge on any atom is 0.282 e. The lowest BCUT2D eigenvalue weighted by atomic mass is 10.3. The summed E-state index contributed by atoms with van der Waals surface area (Å²) >= 11 is 0. The normalized spacial score (nSPS) is 17.5. The molecule has 0 unspecified atom stereocenters. The van der Waals surface area contributed by atoms with Crippen molar-refractivity contribution >= 4 is 10.0 Å². The Balaban J connectivity index is 2.06. The van der Waals surface area contributed by atoms with Crippen molar-refractivity contribution in [1.82, 2.24) is 9.87 Å². The molecular formula is C10H13FN2O3S. The van der Waals surface area contributed by atoms with Gasteiger partial charge in [-0.15, -0.1) is 0 Å². The Morgan fingerprint density at radius 2 is 2.12 bits per heavy atom. The van der Waals surface area contributed by atoms with Crippen molar-refractivity contribution in [3.63, 3.8) is 0 Å². The zero-order chi connectivity index (χ0) is 12.3. The van der Waals surface area contributed by atoms with Crippen LogP contribution in [-0.4, -0.2) is 19.5 Å². The number of halogens is 1. The molecule has 1 heterocycles. The fraction of sp³-hybridized carbons (Fsp3) is 0.500. The van der Waals surface area contributed by atoms with Gasteiger partial charge in [0, 0.05) is 6.20 Å². The van der Waals surface area contributed by atoms with Crippen LogP contribution in [0.1, 0.15) is 25.7 Å². The first-order chi connectivity index (χ1) is 8.09. The van der Waals surface area contributed by atoms with Crippen LogP contribution in [-0.2, 0) is 14.9 Å². The molecule has 0 aromatic carbocycles. The van der Waals surface area contributed by atoms with Gasteiger partial charge in [-0.3, -0.25) is 4.84 Å². The molecule has 1 aliphatic rings. The molecule has 17 heavy (non-hydrogen) atoms. The summed E-state index contributed by atoms with van der Waals surface area (Å²) in [5.41, 5.74) is 0. The Labute approximate surface area is 99.0 Å². The van der Waals surface area contributed by atoms with E-state index in [4.69, 9.17) is 4.84 Å². The summed E-state index contributed by atoms with van der Waals surface area (Å²) in [4.78, 5) is 10.5. The fourth-order valence-electron chi connectivity index (χ4n) is 1.75. The van der Waals surface area contributed by atoms with Crippen molar-refractivity contribution in [3.8, 4) is 0 Å². The SMILES string of the molecule is O=S(=O)(NOC1CCCC1)c1ncccc1F. The molecule has 1 saturated carbocycles. The largest absolute Gasteiger partial charge is 0.283 e. The number of hydrogen-bond acceptors (Lipinski definition) is 4. The Morgan fingerprint density at radius 1 is 1.41 bits per heavy atom. The number of pyridine rings is 1. The highest BCUT2D eigenvalue weighted by molar-refractivity contribution is 7.89. The highest BCUT2D eigenvalue weighted by Gasteiger charge is 2.23. The van der Waals surface area contributed by atoms with E-state index in [0.29, 0.717) is 0 Å². The van der Waals surface area contributed by atoms with Crippen LogP contribution in [0.25, 0.3) is 0 Å². The van der Waals surface area contributed by atoms with E-state index in [0.717, 1.165) is 31.7 Å². The van der Waals surface area contributed by atoms with Crippen LogP contribution in [0.5, 0.6) is 0 Å². The quantitative estimate of drug-likeness (QED) is 0.830. The van der Waals surface area contributed by atoms with Gasteiger partial charge in [-0.1, -0.05) is 17.7 Å². The number of nitrogens with one attached hydrogen (secondary N) is 1. The summed E-state index contributed by atoms with van der Waals surface area (Å²) in [5, 5.41) is -0.641. The maximum atomic E-state index is 13.2. The molecule has 1 aromatic rings. The molecule has 0 amide bonds. The molecule has 0 aliphatic heterocycles. The van der Waals surface area contributed by atoms with Crippen LogP contribution in [0.3, 0.4) is 0 Å². The van der Waals surface area contributed by atoms with Gasteiger partial charge in [0.15, 0.2) is 5.82 Å². The molecule has 0 spiro atoms. The first-order valence-corrected chi connectivity index (χ1v) is 6.86. The van der Waals surface area contributed by atoms with Crippen LogP contribution in [0, 0.1) is 5.82 Å². The second kappa shape index (κ2) is 5.07. The van der Waals surface area contributed by atoms with Gasteiger partial charge in [0.05, 0.1) is 6.10 Å². The molecule has 7 heteroatoms. The van der Waals surface area contributed by atoms with Gasteiger partial charge >= 0.3 is 0 Å². The molecule has 5 nitrogen and oxygen atoms in total. The Hall–Kier alpha value is -1.05. The van der Waals surface area contributed by atoms with E-state index in [-0.39, 0.29) is 6.10 Å². The number of hydrogen-bond donors (Lipinski definition) is 1. The van der Waals surface area contributed by atoms with E-state index in [9.17, 15) is 12.8 Å². The zero-order valence-electron chi connectivity index (χ0n) is 9.10. The molecule has 0 radical (unpaired) electrons. The highest BCUT2D eigenvalue weighted by atomic mass is 32.2. The molecular weight excluding hydrogens is 247 g/mol. The maximum absolute atomic E-state index is 13.2. The zero-order valence-corrected chi connectivity index (χ0v) is 9.91. The van der Waals surface area contributed by atoms with Crippen molar-refractivity contribution in [2.75, 3.05) is 0 Å². The molecule has 0 saturated heterocycles. The molecule has 1 fully saturated rings. The van der Waals surface area contributed by atoms with Gasteiger partial charge < -0.3 is 0 Å². The Kier molecular flexibility index (Phi) is 3.70. The average molecular weight is 260 g/mol. The van der Waals surface area contributed by atoms with Crippen LogP contribution in [0.2, 0.25) is 0 Å². The van der Waals surface area contributed by atoms with E-state index >= 15 is 0 Å². The molecule has 0 atom stereocenters. The lowest BCUT2D eigenvalue weighted by molar-refractivity contribution is 0.0221. The third kappa shape index (κ3) is 2.99. The summed E-state index contributed by atoms with van der Waals surface area (Å²) in [7, 11) is -4.04. The number of nitrogens with zero attached hydrogens (tertiary/aromatic N) is 1. The molecule has 94 valence electrons. The molecule has 1 aromatic heterocycles. The predicted molar refractivity (Wildman–Crippen MR) is 57.9 cm³/mol.